The second-order valence-corrected chi connectivity index (χ2v) is 3.80. The molecule has 2 aromatic rings. The Balaban J connectivity index is 2.41. The van der Waals surface area contributed by atoms with Gasteiger partial charge in [-0.3, -0.25) is 9.36 Å². The topological polar surface area (TPSA) is 150 Å². The molecular formula is C9H13N5O4. The van der Waals surface area contributed by atoms with Crippen LogP contribution in [0.25, 0.3) is 11.2 Å². The van der Waals surface area contributed by atoms with E-state index in [0.29, 0.717) is 0 Å². The number of rotatable bonds is 4. The zero-order valence-electron chi connectivity index (χ0n) is 9.32. The first-order valence-corrected chi connectivity index (χ1v) is 5.21. The van der Waals surface area contributed by atoms with Crippen molar-refractivity contribution in [1.82, 2.24) is 19.5 Å². The van der Waals surface area contributed by atoms with E-state index in [1.165, 1.54) is 6.33 Å². The fraction of sp³-hybridized carbons (Fsp3) is 0.444. The van der Waals surface area contributed by atoms with Crippen LogP contribution in [0.4, 0.5) is 5.95 Å². The van der Waals surface area contributed by atoms with Crippen molar-refractivity contribution < 1.29 is 15.3 Å². The average molecular weight is 255 g/mol. The molecule has 0 saturated carbocycles. The summed E-state index contributed by atoms with van der Waals surface area (Å²) in [6.45, 7) is -0.885. The summed E-state index contributed by atoms with van der Waals surface area (Å²) in [7, 11) is 0. The van der Waals surface area contributed by atoms with Crippen LogP contribution in [0.5, 0.6) is 0 Å². The number of aliphatic hydroxyl groups excluding tert-OH is 3. The van der Waals surface area contributed by atoms with Gasteiger partial charge in [0.15, 0.2) is 11.2 Å². The monoisotopic (exact) mass is 255 g/mol. The van der Waals surface area contributed by atoms with Crippen LogP contribution in [0.1, 0.15) is 0 Å². The van der Waals surface area contributed by atoms with E-state index in [0.717, 1.165) is 4.57 Å². The normalized spacial score (nSPS) is 14.8. The van der Waals surface area contributed by atoms with Crippen molar-refractivity contribution in [3.63, 3.8) is 0 Å². The average Bonchev–Trinajstić information content (AvgIpc) is 2.81. The highest BCUT2D eigenvalue weighted by molar-refractivity contribution is 5.69. The van der Waals surface area contributed by atoms with Gasteiger partial charge in [0.05, 0.1) is 19.5 Å². The van der Waals surface area contributed by atoms with Crippen molar-refractivity contribution in [2.24, 2.45) is 0 Å². The molecule has 0 aliphatic carbocycles. The maximum absolute atomic E-state index is 12.0. The lowest BCUT2D eigenvalue weighted by atomic mass is 10.2. The Hall–Kier alpha value is -1.97. The van der Waals surface area contributed by atoms with E-state index in [-0.39, 0.29) is 23.7 Å². The van der Waals surface area contributed by atoms with Crippen LogP contribution in [0, 0.1) is 0 Å². The number of nitrogens with two attached hydrogens (primary N) is 1. The molecule has 98 valence electrons. The molecule has 0 amide bonds. The largest absolute Gasteiger partial charge is 0.394 e. The molecule has 9 nitrogen and oxygen atoms in total. The third-order valence-corrected chi connectivity index (χ3v) is 2.58. The Bertz CT molecular complexity index is 607. The fourth-order valence-electron chi connectivity index (χ4n) is 1.54. The minimum atomic E-state index is -1.35. The van der Waals surface area contributed by atoms with Gasteiger partial charge in [0, 0.05) is 0 Å². The lowest BCUT2D eigenvalue weighted by molar-refractivity contribution is -0.0216. The number of hydrogen-bond acceptors (Lipinski definition) is 7. The third kappa shape index (κ3) is 2.06. The summed E-state index contributed by atoms with van der Waals surface area (Å²) >= 11 is 0. The number of nitrogens with zero attached hydrogens (tertiary/aromatic N) is 3. The Morgan fingerprint density at radius 2 is 2.17 bits per heavy atom. The Morgan fingerprint density at radius 1 is 1.44 bits per heavy atom. The van der Waals surface area contributed by atoms with Crippen molar-refractivity contribution in [2.45, 2.75) is 18.8 Å². The lowest BCUT2D eigenvalue weighted by Gasteiger charge is -2.17. The van der Waals surface area contributed by atoms with Gasteiger partial charge in [-0.2, -0.15) is 4.98 Å². The van der Waals surface area contributed by atoms with Crippen LogP contribution >= 0.6 is 0 Å². The van der Waals surface area contributed by atoms with E-state index < -0.39 is 24.4 Å². The number of H-pyrrole nitrogens is 1. The molecule has 2 unspecified atom stereocenters. The van der Waals surface area contributed by atoms with Gasteiger partial charge < -0.3 is 26.0 Å². The first kappa shape index (κ1) is 12.5. The number of aromatic nitrogens is 4. The minimum absolute atomic E-state index is 0.121. The zero-order valence-corrected chi connectivity index (χ0v) is 9.32. The molecule has 0 bridgehead atoms. The van der Waals surface area contributed by atoms with Gasteiger partial charge in [-0.15, -0.1) is 0 Å². The smallest absolute Gasteiger partial charge is 0.281 e. The summed E-state index contributed by atoms with van der Waals surface area (Å²) in [4.78, 5) is 22.3. The summed E-state index contributed by atoms with van der Waals surface area (Å²) in [6.07, 6.45) is -1.37. The molecule has 0 saturated heterocycles. The first-order valence-electron chi connectivity index (χ1n) is 5.21. The van der Waals surface area contributed by atoms with Crippen LogP contribution in [0.2, 0.25) is 0 Å². The highest BCUT2D eigenvalue weighted by atomic mass is 16.4. The molecule has 0 fully saturated rings. The van der Waals surface area contributed by atoms with E-state index in [1.54, 1.807) is 0 Å². The molecule has 0 aliphatic heterocycles. The predicted octanol–water partition coefficient (Wildman–Crippen LogP) is -2.58. The van der Waals surface area contributed by atoms with E-state index in [1.807, 2.05) is 0 Å². The maximum Gasteiger partial charge on any atom is 0.281 e. The van der Waals surface area contributed by atoms with Gasteiger partial charge in [0.2, 0.25) is 5.95 Å². The van der Waals surface area contributed by atoms with Crippen LogP contribution in [0.3, 0.4) is 0 Å². The number of aromatic amines is 1. The maximum atomic E-state index is 12.0. The number of fused-ring (bicyclic) bond motifs is 1. The Morgan fingerprint density at radius 3 is 2.83 bits per heavy atom. The quantitative estimate of drug-likeness (QED) is 0.402. The SMILES string of the molecule is Nc1nc2nc[nH]c2c(=O)n1CC(O)C(O)CO. The van der Waals surface area contributed by atoms with E-state index in [2.05, 4.69) is 15.0 Å². The van der Waals surface area contributed by atoms with Gasteiger partial charge in [0.1, 0.15) is 12.2 Å². The highest BCUT2D eigenvalue weighted by Gasteiger charge is 2.19. The molecule has 6 N–H and O–H groups in total. The van der Waals surface area contributed by atoms with Gasteiger partial charge in [-0.1, -0.05) is 0 Å². The summed E-state index contributed by atoms with van der Waals surface area (Å²) in [5.74, 6) is -0.121. The standard InChI is InChI=1S/C9H13N5O4/c10-9-13-7-6(11-3-12-7)8(18)14(9)1-4(16)5(17)2-15/h3-5,15-17H,1-2H2,(H2,10,13)(H,11,12). The van der Waals surface area contributed by atoms with E-state index >= 15 is 0 Å². The molecule has 2 aromatic heterocycles. The Kier molecular flexibility index (Phi) is 3.28. The summed E-state index contributed by atoms with van der Waals surface area (Å²) < 4.78 is 1.00. The molecule has 2 heterocycles. The van der Waals surface area contributed by atoms with Crippen LogP contribution in [0.15, 0.2) is 11.1 Å². The molecule has 2 atom stereocenters. The molecule has 0 radical (unpaired) electrons. The molecule has 18 heavy (non-hydrogen) atoms. The van der Waals surface area contributed by atoms with Crippen LogP contribution < -0.4 is 11.3 Å². The van der Waals surface area contributed by atoms with Gasteiger partial charge in [-0.05, 0) is 0 Å². The number of anilines is 1. The van der Waals surface area contributed by atoms with Crippen LogP contribution in [-0.4, -0.2) is 53.7 Å². The van der Waals surface area contributed by atoms with Gasteiger partial charge >= 0.3 is 0 Å². The summed E-state index contributed by atoms with van der Waals surface area (Å²) in [5.41, 5.74) is 5.43. The van der Waals surface area contributed by atoms with Crippen LogP contribution in [-0.2, 0) is 6.54 Å². The van der Waals surface area contributed by atoms with Crippen molar-refractivity contribution in [3.05, 3.63) is 16.7 Å². The number of nitrogens with one attached hydrogen (secondary N) is 1. The second-order valence-electron chi connectivity index (χ2n) is 3.80. The summed E-state index contributed by atoms with van der Waals surface area (Å²) in [5, 5.41) is 27.5. The number of hydrogen-bond donors (Lipinski definition) is 5. The molecule has 0 spiro atoms. The minimum Gasteiger partial charge on any atom is -0.394 e. The molecule has 2 rings (SSSR count). The number of imidazole rings is 1. The Labute approximate surface area is 101 Å². The van der Waals surface area contributed by atoms with Crippen molar-refractivity contribution in [2.75, 3.05) is 12.3 Å². The predicted molar refractivity (Wildman–Crippen MR) is 61.7 cm³/mol. The number of aliphatic hydroxyl groups is 3. The fourth-order valence-corrected chi connectivity index (χ4v) is 1.54. The van der Waals surface area contributed by atoms with Crippen molar-refractivity contribution in [3.8, 4) is 0 Å². The van der Waals surface area contributed by atoms with Gasteiger partial charge in [-0.25, -0.2) is 4.98 Å². The van der Waals surface area contributed by atoms with Crippen molar-refractivity contribution in [1.29, 1.82) is 0 Å². The van der Waals surface area contributed by atoms with E-state index in [4.69, 9.17) is 10.8 Å². The first-order chi connectivity index (χ1) is 8.54. The molecule has 0 aromatic carbocycles. The molecule has 9 heteroatoms. The number of nitrogen functional groups attached to an aromatic ring is 1. The van der Waals surface area contributed by atoms with Gasteiger partial charge in [0.25, 0.3) is 5.56 Å². The molecule has 0 aliphatic rings. The lowest BCUT2D eigenvalue weighted by Crippen LogP contribution is -2.37. The third-order valence-electron chi connectivity index (χ3n) is 2.58. The van der Waals surface area contributed by atoms with Crippen molar-refractivity contribution >= 4 is 17.1 Å². The molecular weight excluding hydrogens is 242 g/mol. The highest BCUT2D eigenvalue weighted by Crippen LogP contribution is 2.06. The van der Waals surface area contributed by atoms with E-state index in [9.17, 15) is 15.0 Å². The second kappa shape index (κ2) is 4.72. The summed E-state index contributed by atoms with van der Waals surface area (Å²) in [6, 6.07) is 0. The zero-order chi connectivity index (χ0) is 13.3.